The molecule has 0 bridgehead atoms. The Morgan fingerprint density at radius 3 is 2.48 bits per heavy atom. The smallest absolute Gasteiger partial charge is 0.251 e. The van der Waals surface area contributed by atoms with Crippen molar-refractivity contribution >= 4 is 15.9 Å². The fourth-order valence-electron chi connectivity index (χ4n) is 2.76. The Morgan fingerprint density at radius 1 is 1.16 bits per heavy atom. The number of nitrogens with zero attached hydrogens (tertiary/aromatic N) is 1. The molecular weight excluding hydrogens is 418 g/mol. The number of hydrogen-bond donors (Lipinski definition) is 2. The number of sulfonamides is 1. The van der Waals surface area contributed by atoms with Gasteiger partial charge in [-0.05, 0) is 55.3 Å². The van der Waals surface area contributed by atoms with Crippen molar-refractivity contribution in [1.29, 1.82) is 5.26 Å². The second kappa shape index (κ2) is 11.3. The first kappa shape index (κ1) is 24.2. The number of nitriles is 1. The summed E-state index contributed by atoms with van der Waals surface area (Å²) in [5.41, 5.74) is 1.17. The number of rotatable bonds is 11. The summed E-state index contributed by atoms with van der Waals surface area (Å²) in [6.45, 7) is 4.48. The van der Waals surface area contributed by atoms with Crippen LogP contribution in [-0.4, -0.2) is 34.6 Å². The van der Waals surface area contributed by atoms with E-state index in [4.69, 9.17) is 14.7 Å². The Balaban J connectivity index is 2.07. The van der Waals surface area contributed by atoms with Crippen LogP contribution in [0.2, 0.25) is 0 Å². The summed E-state index contributed by atoms with van der Waals surface area (Å²) in [5, 5.41) is 11.4. The van der Waals surface area contributed by atoms with Gasteiger partial charge in [0.2, 0.25) is 10.0 Å². The highest BCUT2D eigenvalue weighted by molar-refractivity contribution is 7.89. The minimum atomic E-state index is -3.72. The van der Waals surface area contributed by atoms with Gasteiger partial charge in [0.15, 0.2) is 11.5 Å². The Labute approximate surface area is 183 Å². The van der Waals surface area contributed by atoms with E-state index in [2.05, 4.69) is 10.0 Å². The fraction of sp³-hybridized carbons (Fsp3) is 0.364. The van der Waals surface area contributed by atoms with Crippen LogP contribution in [0.15, 0.2) is 47.4 Å². The van der Waals surface area contributed by atoms with Crippen molar-refractivity contribution in [2.45, 2.75) is 37.6 Å². The van der Waals surface area contributed by atoms with E-state index in [1.165, 1.54) is 24.3 Å². The van der Waals surface area contributed by atoms with E-state index >= 15 is 0 Å². The first-order valence-electron chi connectivity index (χ1n) is 9.90. The van der Waals surface area contributed by atoms with Gasteiger partial charge in [-0.15, -0.1) is 0 Å². The zero-order valence-electron chi connectivity index (χ0n) is 17.8. The molecule has 2 N–H and O–H groups in total. The van der Waals surface area contributed by atoms with Gasteiger partial charge in [0, 0.05) is 18.5 Å². The molecule has 31 heavy (non-hydrogen) atoms. The predicted molar refractivity (Wildman–Crippen MR) is 117 cm³/mol. The monoisotopic (exact) mass is 445 g/mol. The number of benzene rings is 2. The van der Waals surface area contributed by atoms with E-state index in [1.54, 1.807) is 7.11 Å². The summed E-state index contributed by atoms with van der Waals surface area (Å²) < 4.78 is 37.7. The fourth-order valence-corrected chi connectivity index (χ4v) is 3.79. The third-order valence-electron chi connectivity index (χ3n) is 4.45. The van der Waals surface area contributed by atoms with Crippen molar-refractivity contribution in [2.75, 3.05) is 20.3 Å². The maximum atomic E-state index is 12.6. The molecule has 0 fully saturated rings. The van der Waals surface area contributed by atoms with Gasteiger partial charge in [0.25, 0.3) is 5.91 Å². The van der Waals surface area contributed by atoms with Gasteiger partial charge in [0.1, 0.15) is 0 Å². The van der Waals surface area contributed by atoms with Crippen LogP contribution in [0.3, 0.4) is 0 Å². The van der Waals surface area contributed by atoms with Crippen LogP contribution in [-0.2, 0) is 10.0 Å². The molecule has 0 saturated carbocycles. The average Bonchev–Trinajstić information content (AvgIpc) is 2.77. The van der Waals surface area contributed by atoms with E-state index in [-0.39, 0.29) is 29.8 Å². The topological polar surface area (TPSA) is 118 Å². The van der Waals surface area contributed by atoms with Gasteiger partial charge in [-0.2, -0.15) is 5.26 Å². The number of carbonyl (C=O) groups excluding carboxylic acids is 1. The summed E-state index contributed by atoms with van der Waals surface area (Å²) in [7, 11) is -2.16. The second-order valence-corrected chi connectivity index (χ2v) is 8.55. The molecule has 0 radical (unpaired) electrons. The lowest BCUT2D eigenvalue weighted by Crippen LogP contribution is -2.27. The number of ether oxygens (including phenoxy) is 2. The van der Waals surface area contributed by atoms with E-state index in [0.29, 0.717) is 23.7 Å². The Hall–Kier alpha value is -3.09. The zero-order valence-corrected chi connectivity index (χ0v) is 18.7. The van der Waals surface area contributed by atoms with Gasteiger partial charge < -0.3 is 14.8 Å². The van der Waals surface area contributed by atoms with E-state index < -0.39 is 10.0 Å². The summed E-state index contributed by atoms with van der Waals surface area (Å²) in [6, 6.07) is 12.7. The van der Waals surface area contributed by atoms with E-state index in [9.17, 15) is 13.2 Å². The second-order valence-electron chi connectivity index (χ2n) is 6.78. The summed E-state index contributed by atoms with van der Waals surface area (Å²) in [5.74, 6) is 0.900. The maximum Gasteiger partial charge on any atom is 0.251 e. The lowest BCUT2D eigenvalue weighted by Gasteiger charge is -2.17. The van der Waals surface area contributed by atoms with Gasteiger partial charge in [0.05, 0.1) is 30.7 Å². The van der Waals surface area contributed by atoms with Gasteiger partial charge in [-0.1, -0.05) is 13.0 Å². The van der Waals surface area contributed by atoms with Crippen LogP contribution in [0, 0.1) is 11.3 Å². The van der Waals surface area contributed by atoms with Crippen molar-refractivity contribution < 1.29 is 22.7 Å². The molecule has 2 aromatic carbocycles. The van der Waals surface area contributed by atoms with Crippen molar-refractivity contribution in [3.8, 4) is 17.6 Å². The molecular formula is C22H27N3O5S. The Bertz CT molecular complexity index is 1030. The Kier molecular flexibility index (Phi) is 8.85. The van der Waals surface area contributed by atoms with Crippen molar-refractivity contribution in [3.05, 3.63) is 53.6 Å². The van der Waals surface area contributed by atoms with Gasteiger partial charge >= 0.3 is 0 Å². The molecule has 0 aliphatic heterocycles. The number of carbonyl (C=O) groups is 1. The molecule has 2 rings (SSSR count). The number of nitrogens with one attached hydrogen (secondary N) is 2. The molecule has 0 spiro atoms. The molecule has 1 amide bonds. The molecule has 0 aliphatic rings. The average molecular weight is 446 g/mol. The molecule has 0 saturated heterocycles. The number of hydrogen-bond acceptors (Lipinski definition) is 6. The largest absolute Gasteiger partial charge is 0.493 e. The quantitative estimate of drug-likeness (QED) is 0.513. The van der Waals surface area contributed by atoms with Crippen LogP contribution in [0.25, 0.3) is 0 Å². The number of amides is 1. The summed E-state index contributed by atoms with van der Waals surface area (Å²) >= 11 is 0. The van der Waals surface area contributed by atoms with Crippen LogP contribution < -0.4 is 19.5 Å². The minimum Gasteiger partial charge on any atom is -0.493 e. The highest BCUT2D eigenvalue weighted by Gasteiger charge is 2.17. The van der Waals surface area contributed by atoms with Crippen LogP contribution >= 0.6 is 0 Å². The highest BCUT2D eigenvalue weighted by Crippen LogP contribution is 2.30. The Morgan fingerprint density at radius 2 is 1.87 bits per heavy atom. The first-order chi connectivity index (χ1) is 14.8. The molecule has 0 heterocycles. The summed E-state index contributed by atoms with van der Waals surface area (Å²) in [6.07, 6.45) is 0.960. The van der Waals surface area contributed by atoms with Crippen LogP contribution in [0.1, 0.15) is 48.7 Å². The lowest BCUT2D eigenvalue weighted by atomic mass is 10.1. The molecule has 1 unspecified atom stereocenters. The van der Waals surface area contributed by atoms with Crippen LogP contribution in [0.5, 0.6) is 11.5 Å². The molecule has 166 valence electrons. The molecule has 8 nitrogen and oxygen atoms in total. The molecule has 9 heteroatoms. The zero-order chi connectivity index (χ0) is 22.9. The predicted octanol–water partition coefficient (Wildman–Crippen LogP) is 3.17. The third kappa shape index (κ3) is 6.70. The van der Waals surface area contributed by atoms with Crippen molar-refractivity contribution in [2.24, 2.45) is 0 Å². The molecule has 0 aromatic heterocycles. The van der Waals surface area contributed by atoms with Gasteiger partial charge in [-0.25, -0.2) is 13.1 Å². The van der Waals surface area contributed by atoms with E-state index in [0.717, 1.165) is 12.0 Å². The first-order valence-corrected chi connectivity index (χ1v) is 11.4. The normalized spacial score (nSPS) is 11.9. The van der Waals surface area contributed by atoms with Crippen molar-refractivity contribution in [3.63, 3.8) is 0 Å². The van der Waals surface area contributed by atoms with Crippen LogP contribution in [0.4, 0.5) is 0 Å². The van der Waals surface area contributed by atoms with E-state index in [1.807, 2.05) is 38.1 Å². The molecule has 2 aromatic rings. The highest BCUT2D eigenvalue weighted by atomic mass is 32.2. The maximum absolute atomic E-state index is 12.6. The third-order valence-corrected chi connectivity index (χ3v) is 5.93. The molecule has 0 aliphatic carbocycles. The SMILES string of the molecule is CCCOc1ccc(C(C)NC(=O)c2ccc(S(=O)(=O)NCCC#N)cc2)cc1OC. The minimum absolute atomic E-state index is 0.0300. The van der Waals surface area contributed by atoms with Gasteiger partial charge in [-0.3, -0.25) is 4.79 Å². The number of methoxy groups -OCH3 is 1. The summed E-state index contributed by atoms with van der Waals surface area (Å²) in [4.78, 5) is 12.6. The lowest BCUT2D eigenvalue weighted by molar-refractivity contribution is 0.0939. The standard InChI is InChI=1S/C22H27N3O5S/c1-4-14-30-20-11-8-18(15-21(20)29-3)16(2)25-22(26)17-6-9-19(10-7-17)31(27,28)24-13-5-12-23/h6-11,15-16,24H,4-5,13-14H2,1-3H3,(H,25,26). The molecule has 1 atom stereocenters. The van der Waals surface area contributed by atoms with Crippen molar-refractivity contribution in [1.82, 2.24) is 10.0 Å².